The maximum atomic E-state index is 12.9. The minimum atomic E-state index is -3.73. The number of rotatable bonds is 5. The smallest absolute Gasteiger partial charge is 0.270 e. The van der Waals surface area contributed by atoms with Gasteiger partial charge in [0.25, 0.3) is 5.69 Å². The van der Waals surface area contributed by atoms with Gasteiger partial charge in [0.2, 0.25) is 10.0 Å². The molecule has 1 aromatic carbocycles. The number of hydrogen-bond acceptors (Lipinski definition) is 6. The maximum absolute atomic E-state index is 12.9. The number of nitro groups is 1. The van der Waals surface area contributed by atoms with Crippen molar-refractivity contribution in [1.29, 1.82) is 0 Å². The SMILES string of the molecule is Cc1ccc([N+](=O)[O-])cc1S(=O)(=O)N1CCN(Cc2cccs2)CC1. The van der Waals surface area contributed by atoms with Gasteiger partial charge in [-0.05, 0) is 23.9 Å². The van der Waals surface area contributed by atoms with Crippen LogP contribution in [-0.4, -0.2) is 48.7 Å². The van der Waals surface area contributed by atoms with Crippen LogP contribution in [0.1, 0.15) is 10.4 Å². The van der Waals surface area contributed by atoms with Crippen molar-refractivity contribution in [3.8, 4) is 0 Å². The van der Waals surface area contributed by atoms with Gasteiger partial charge in [0.05, 0.1) is 9.82 Å². The van der Waals surface area contributed by atoms with Crippen LogP contribution in [0.2, 0.25) is 0 Å². The zero-order valence-corrected chi connectivity index (χ0v) is 15.4. The summed E-state index contributed by atoms with van der Waals surface area (Å²) in [5, 5.41) is 13.0. The van der Waals surface area contributed by atoms with E-state index in [1.807, 2.05) is 11.4 Å². The molecule has 0 radical (unpaired) electrons. The molecule has 0 amide bonds. The first-order valence-electron chi connectivity index (χ1n) is 7.88. The molecule has 0 spiro atoms. The molecular formula is C16H19N3O4S2. The third-order valence-corrected chi connectivity index (χ3v) is 7.19. The lowest BCUT2D eigenvalue weighted by atomic mass is 10.2. The molecule has 2 heterocycles. The Morgan fingerprint density at radius 3 is 2.52 bits per heavy atom. The van der Waals surface area contributed by atoms with Gasteiger partial charge in [-0.25, -0.2) is 8.42 Å². The molecule has 0 atom stereocenters. The van der Waals surface area contributed by atoms with Crippen molar-refractivity contribution in [2.24, 2.45) is 0 Å². The second-order valence-corrected chi connectivity index (χ2v) is 8.91. The van der Waals surface area contributed by atoms with Gasteiger partial charge in [-0.2, -0.15) is 4.31 Å². The molecule has 2 aromatic rings. The normalized spacial score (nSPS) is 16.8. The highest BCUT2D eigenvalue weighted by Gasteiger charge is 2.30. The molecule has 3 rings (SSSR count). The first-order valence-corrected chi connectivity index (χ1v) is 10.2. The van der Waals surface area contributed by atoms with Crippen LogP contribution < -0.4 is 0 Å². The van der Waals surface area contributed by atoms with Crippen LogP contribution in [-0.2, 0) is 16.6 Å². The molecular weight excluding hydrogens is 362 g/mol. The molecule has 1 fully saturated rings. The van der Waals surface area contributed by atoms with E-state index in [2.05, 4.69) is 11.0 Å². The van der Waals surface area contributed by atoms with Crippen LogP contribution in [0.4, 0.5) is 5.69 Å². The van der Waals surface area contributed by atoms with Gasteiger partial charge in [0.1, 0.15) is 0 Å². The number of aryl methyl sites for hydroxylation is 1. The molecule has 0 N–H and O–H groups in total. The molecule has 7 nitrogen and oxygen atoms in total. The zero-order chi connectivity index (χ0) is 18.0. The molecule has 1 aromatic heterocycles. The Labute approximate surface area is 150 Å². The first-order chi connectivity index (χ1) is 11.9. The monoisotopic (exact) mass is 381 g/mol. The van der Waals surface area contributed by atoms with Crippen molar-refractivity contribution in [2.75, 3.05) is 26.2 Å². The molecule has 25 heavy (non-hydrogen) atoms. The van der Waals surface area contributed by atoms with Gasteiger partial charge < -0.3 is 0 Å². The van der Waals surface area contributed by atoms with Crippen molar-refractivity contribution >= 4 is 27.0 Å². The predicted molar refractivity (Wildman–Crippen MR) is 96.2 cm³/mol. The minimum absolute atomic E-state index is 0.0217. The molecule has 0 unspecified atom stereocenters. The Kier molecular flexibility index (Phi) is 5.19. The fourth-order valence-electron chi connectivity index (χ4n) is 2.87. The van der Waals surface area contributed by atoms with Gasteiger partial charge in [-0.3, -0.25) is 15.0 Å². The third kappa shape index (κ3) is 3.90. The van der Waals surface area contributed by atoms with Crippen molar-refractivity contribution < 1.29 is 13.3 Å². The second-order valence-electron chi connectivity index (χ2n) is 5.97. The van der Waals surface area contributed by atoms with E-state index in [-0.39, 0.29) is 10.6 Å². The highest BCUT2D eigenvalue weighted by Crippen LogP contribution is 2.26. The lowest BCUT2D eigenvalue weighted by Gasteiger charge is -2.33. The Balaban J connectivity index is 1.74. The summed E-state index contributed by atoms with van der Waals surface area (Å²) in [6.45, 7) is 4.53. The van der Waals surface area contributed by atoms with E-state index < -0.39 is 14.9 Å². The van der Waals surface area contributed by atoms with E-state index in [0.717, 1.165) is 12.6 Å². The average molecular weight is 381 g/mol. The Morgan fingerprint density at radius 2 is 1.92 bits per heavy atom. The van der Waals surface area contributed by atoms with Crippen LogP contribution in [0.25, 0.3) is 0 Å². The number of piperazine rings is 1. The molecule has 9 heteroatoms. The summed E-state index contributed by atoms with van der Waals surface area (Å²) in [4.78, 5) is 13.9. The summed E-state index contributed by atoms with van der Waals surface area (Å²) in [6, 6.07) is 8.04. The van der Waals surface area contributed by atoms with E-state index in [1.165, 1.54) is 21.3 Å². The van der Waals surface area contributed by atoms with Crippen LogP contribution in [0.15, 0.2) is 40.6 Å². The van der Waals surface area contributed by atoms with E-state index in [4.69, 9.17) is 0 Å². The Bertz CT molecular complexity index is 858. The number of benzene rings is 1. The van der Waals surface area contributed by atoms with Crippen LogP contribution >= 0.6 is 11.3 Å². The maximum Gasteiger partial charge on any atom is 0.270 e. The standard InChI is InChI=1S/C16H19N3O4S2/c1-13-4-5-14(19(20)21)11-16(13)25(22,23)18-8-6-17(7-9-18)12-15-3-2-10-24-15/h2-5,10-11H,6-9,12H2,1H3. The van der Waals surface area contributed by atoms with E-state index in [1.54, 1.807) is 18.3 Å². The molecule has 134 valence electrons. The number of sulfonamides is 1. The van der Waals surface area contributed by atoms with Crippen molar-refractivity contribution in [3.05, 3.63) is 56.3 Å². The summed E-state index contributed by atoms with van der Waals surface area (Å²) >= 11 is 1.69. The quantitative estimate of drug-likeness (QED) is 0.587. The number of non-ortho nitro benzene ring substituents is 1. The summed E-state index contributed by atoms with van der Waals surface area (Å²) in [7, 11) is -3.73. The summed E-state index contributed by atoms with van der Waals surface area (Å²) in [6.07, 6.45) is 0. The average Bonchev–Trinajstić information content (AvgIpc) is 3.08. The molecule has 1 aliphatic heterocycles. The zero-order valence-electron chi connectivity index (χ0n) is 13.8. The summed E-state index contributed by atoms with van der Waals surface area (Å²) in [5.74, 6) is 0. The number of nitrogens with zero attached hydrogens (tertiary/aromatic N) is 3. The highest BCUT2D eigenvalue weighted by atomic mass is 32.2. The Hall–Kier alpha value is -1.81. The van der Waals surface area contributed by atoms with Crippen LogP contribution in [0, 0.1) is 17.0 Å². The minimum Gasteiger partial charge on any atom is -0.296 e. The lowest BCUT2D eigenvalue weighted by Crippen LogP contribution is -2.48. The second kappa shape index (κ2) is 7.20. The van der Waals surface area contributed by atoms with Crippen LogP contribution in [0.3, 0.4) is 0 Å². The number of nitro benzene ring substituents is 1. The van der Waals surface area contributed by atoms with Crippen molar-refractivity contribution in [1.82, 2.24) is 9.21 Å². The van der Waals surface area contributed by atoms with E-state index in [9.17, 15) is 18.5 Å². The molecule has 1 saturated heterocycles. The molecule has 1 aliphatic rings. The fraction of sp³-hybridized carbons (Fsp3) is 0.375. The van der Waals surface area contributed by atoms with Crippen molar-refractivity contribution in [2.45, 2.75) is 18.4 Å². The Morgan fingerprint density at radius 1 is 1.20 bits per heavy atom. The van der Waals surface area contributed by atoms with E-state index in [0.29, 0.717) is 31.7 Å². The summed E-state index contributed by atoms with van der Waals surface area (Å²) < 4.78 is 27.2. The van der Waals surface area contributed by atoms with E-state index >= 15 is 0 Å². The molecule has 0 bridgehead atoms. The highest BCUT2D eigenvalue weighted by molar-refractivity contribution is 7.89. The number of thiophene rings is 1. The largest absolute Gasteiger partial charge is 0.296 e. The van der Waals surface area contributed by atoms with Gasteiger partial charge in [-0.1, -0.05) is 12.1 Å². The fourth-order valence-corrected chi connectivity index (χ4v) is 5.28. The van der Waals surface area contributed by atoms with Gasteiger partial charge in [-0.15, -0.1) is 11.3 Å². The van der Waals surface area contributed by atoms with Crippen molar-refractivity contribution in [3.63, 3.8) is 0 Å². The molecule has 0 saturated carbocycles. The van der Waals surface area contributed by atoms with Crippen LogP contribution in [0.5, 0.6) is 0 Å². The summed E-state index contributed by atoms with van der Waals surface area (Å²) in [5.41, 5.74) is 0.312. The van der Waals surface area contributed by atoms with Gasteiger partial charge >= 0.3 is 0 Å². The van der Waals surface area contributed by atoms with Gasteiger partial charge in [0.15, 0.2) is 0 Å². The third-order valence-electron chi connectivity index (χ3n) is 4.29. The molecule has 0 aliphatic carbocycles. The van der Waals surface area contributed by atoms with Gasteiger partial charge in [0, 0.05) is 49.7 Å². The first kappa shape index (κ1) is 18.0. The number of hydrogen-bond donors (Lipinski definition) is 0. The lowest BCUT2D eigenvalue weighted by molar-refractivity contribution is -0.385. The topological polar surface area (TPSA) is 83.8 Å². The predicted octanol–water partition coefficient (Wildman–Crippen LogP) is 2.47.